The Labute approximate surface area is 143 Å². The first-order valence-electron chi connectivity index (χ1n) is 6.80. The van der Waals surface area contributed by atoms with Crippen molar-refractivity contribution in [2.75, 3.05) is 0 Å². The molecule has 9 heteroatoms. The summed E-state index contributed by atoms with van der Waals surface area (Å²) in [6.45, 7) is 0. The molecule has 0 saturated heterocycles. The smallest absolute Gasteiger partial charge is 0.256 e. The summed E-state index contributed by atoms with van der Waals surface area (Å²) in [4.78, 5) is 15.9. The number of hydrogen-bond donors (Lipinski definition) is 3. The van der Waals surface area contributed by atoms with Crippen molar-refractivity contribution in [1.82, 2.24) is 8.96 Å². The average molecular weight is 362 g/mol. The molecule has 4 aromatic rings. The third-order valence-corrected chi connectivity index (χ3v) is 4.92. The van der Waals surface area contributed by atoms with E-state index in [0.29, 0.717) is 38.9 Å². The Morgan fingerprint density at radius 3 is 2.62 bits per heavy atom. The fourth-order valence-corrected chi connectivity index (χ4v) is 3.73. The average Bonchev–Trinajstić information content (AvgIpc) is 2.93. The summed E-state index contributed by atoms with van der Waals surface area (Å²) in [6, 6.07) is 12.5. The lowest BCUT2D eigenvalue weighted by Gasteiger charge is -2.05. The Balaban J connectivity index is 2.22. The number of nitrogens with one attached hydrogen (secondary N) is 1. The van der Waals surface area contributed by atoms with Gasteiger partial charge in [0.2, 0.25) is 0 Å². The lowest BCUT2D eigenvalue weighted by Crippen LogP contribution is -2.06. The molecule has 0 aliphatic rings. The number of rotatable bonds is 4. The topological polar surface area (TPSA) is 96.7 Å². The van der Waals surface area contributed by atoms with E-state index < -0.39 is 0 Å². The second-order valence-corrected chi connectivity index (χ2v) is 6.31. The van der Waals surface area contributed by atoms with Crippen LogP contribution in [0.1, 0.15) is 0 Å². The summed E-state index contributed by atoms with van der Waals surface area (Å²) in [5, 5.41) is 14.3. The monoisotopic (exact) mass is 362 g/mol. The van der Waals surface area contributed by atoms with Crippen LogP contribution in [0.15, 0.2) is 52.2 Å². The molecule has 122 valence electrons. The molecule has 2 aromatic carbocycles. The molecule has 0 saturated carbocycles. The fraction of sp³-hybridized carbons (Fsp3) is 0. The van der Waals surface area contributed by atoms with Gasteiger partial charge in [-0.05, 0) is 24.3 Å². The van der Waals surface area contributed by atoms with E-state index in [-0.39, 0.29) is 5.56 Å². The van der Waals surface area contributed by atoms with Gasteiger partial charge in [0.1, 0.15) is 0 Å². The molecule has 0 radical (unpaired) electrons. The van der Waals surface area contributed by atoms with E-state index in [2.05, 4.69) is 14.4 Å². The summed E-state index contributed by atoms with van der Waals surface area (Å²) >= 11 is 1.37. The van der Waals surface area contributed by atoms with E-state index >= 15 is 0 Å². The van der Waals surface area contributed by atoms with Crippen LogP contribution in [0.3, 0.4) is 0 Å². The van der Waals surface area contributed by atoms with Gasteiger partial charge in [0.25, 0.3) is 5.56 Å². The lowest BCUT2D eigenvalue weighted by atomic mass is 10.1. The molecule has 0 aliphatic heterocycles. The Morgan fingerprint density at radius 1 is 1.08 bits per heavy atom. The Bertz CT molecular complexity index is 1120. The summed E-state index contributed by atoms with van der Waals surface area (Å²) in [5.41, 5.74) is 1.85. The van der Waals surface area contributed by atoms with Crippen LogP contribution in [-0.4, -0.2) is 18.8 Å². The van der Waals surface area contributed by atoms with E-state index in [0.717, 1.165) is 23.0 Å². The maximum atomic E-state index is 12.4. The van der Waals surface area contributed by atoms with Crippen LogP contribution in [0, 0.1) is 0 Å². The summed E-state index contributed by atoms with van der Waals surface area (Å²) in [6.07, 6.45) is 0. The minimum atomic E-state index is -0.193. The molecule has 24 heavy (non-hydrogen) atoms. The molecule has 2 heterocycles. The van der Waals surface area contributed by atoms with Gasteiger partial charge in [-0.15, -0.1) is 4.33 Å². The fourth-order valence-electron chi connectivity index (χ4n) is 2.86. The molecule has 4 rings (SSSR count). The van der Waals surface area contributed by atoms with Crippen molar-refractivity contribution in [3.63, 3.8) is 0 Å². The van der Waals surface area contributed by atoms with Gasteiger partial charge in [0.05, 0.1) is 16.6 Å². The van der Waals surface area contributed by atoms with Gasteiger partial charge >= 0.3 is 0 Å². The molecule has 0 bridgehead atoms. The predicted molar refractivity (Wildman–Crippen MR) is 93.8 cm³/mol. The third-order valence-electron chi connectivity index (χ3n) is 3.80. The minimum Gasteiger partial charge on any atom is -0.325 e. The van der Waals surface area contributed by atoms with E-state index in [1.807, 2.05) is 12.1 Å². The zero-order valence-electron chi connectivity index (χ0n) is 11.9. The van der Waals surface area contributed by atoms with Crippen molar-refractivity contribution in [3.8, 4) is 0 Å². The highest BCUT2D eigenvalue weighted by molar-refractivity contribution is 7.94. The maximum Gasteiger partial charge on any atom is 0.256 e. The van der Waals surface area contributed by atoms with Gasteiger partial charge in [-0.3, -0.25) is 8.77 Å². The number of aromatic nitrogens is 2. The SMILES string of the molecule is O=c1[nH]c2c3ccc(SO)cc3n(SOOO)c2c2ccccc12. The molecule has 0 spiro atoms. The zero-order chi connectivity index (χ0) is 16.7. The van der Waals surface area contributed by atoms with Gasteiger partial charge in [-0.2, -0.15) is 0 Å². The number of pyridine rings is 1. The van der Waals surface area contributed by atoms with Crippen molar-refractivity contribution >= 4 is 57.0 Å². The number of benzene rings is 2. The Morgan fingerprint density at radius 2 is 1.88 bits per heavy atom. The first-order valence-corrected chi connectivity index (χ1v) is 8.27. The second kappa shape index (κ2) is 6.13. The van der Waals surface area contributed by atoms with Crippen LogP contribution in [0.5, 0.6) is 0 Å². The van der Waals surface area contributed by atoms with Crippen molar-refractivity contribution in [2.45, 2.75) is 4.90 Å². The number of aromatic amines is 1. The standard InChI is InChI=1S/C15H10N2O5S2/c18-15-10-4-2-1-3-9(10)14-13(16-15)11-6-5-8(23-20)7-12(11)17(14)24-22-21-19/h1-7,19-20H,(H,16,18). The van der Waals surface area contributed by atoms with Crippen molar-refractivity contribution in [1.29, 1.82) is 0 Å². The van der Waals surface area contributed by atoms with Crippen LogP contribution in [0.2, 0.25) is 0 Å². The van der Waals surface area contributed by atoms with Gasteiger partial charge in [-0.1, -0.05) is 23.2 Å². The molecule has 0 aliphatic carbocycles. The van der Waals surface area contributed by atoms with Crippen LogP contribution >= 0.6 is 24.3 Å². The highest BCUT2D eigenvalue weighted by atomic mass is 32.2. The van der Waals surface area contributed by atoms with Gasteiger partial charge < -0.3 is 9.54 Å². The molecule has 0 atom stereocenters. The first kappa shape index (κ1) is 15.5. The number of hydrogen-bond acceptors (Lipinski definition) is 7. The van der Waals surface area contributed by atoms with Crippen molar-refractivity contribution < 1.29 is 19.2 Å². The molecule has 7 nitrogen and oxygen atoms in total. The number of fused-ring (bicyclic) bond motifs is 5. The lowest BCUT2D eigenvalue weighted by molar-refractivity contribution is -0.432. The minimum absolute atomic E-state index is 0.193. The summed E-state index contributed by atoms with van der Waals surface area (Å²) in [7, 11) is 0. The van der Waals surface area contributed by atoms with Gasteiger partial charge in [0, 0.05) is 33.1 Å². The highest BCUT2D eigenvalue weighted by Crippen LogP contribution is 2.36. The summed E-state index contributed by atoms with van der Waals surface area (Å²) in [5.74, 6) is 0. The van der Waals surface area contributed by atoms with Crippen LogP contribution < -0.4 is 5.56 Å². The van der Waals surface area contributed by atoms with E-state index in [1.54, 1.807) is 34.3 Å². The zero-order valence-corrected chi connectivity index (χ0v) is 13.6. The van der Waals surface area contributed by atoms with E-state index in [1.165, 1.54) is 0 Å². The maximum absolute atomic E-state index is 12.4. The molecule has 2 aromatic heterocycles. The molecule has 0 unspecified atom stereocenters. The molecular formula is C15H10N2O5S2. The second-order valence-electron chi connectivity index (χ2n) is 5.01. The predicted octanol–water partition coefficient (Wildman–Crippen LogP) is 4.03. The van der Waals surface area contributed by atoms with Crippen molar-refractivity contribution in [3.05, 3.63) is 52.8 Å². The van der Waals surface area contributed by atoms with E-state index in [4.69, 9.17) is 5.26 Å². The molecule has 0 fully saturated rings. The quantitative estimate of drug-likeness (QED) is 0.286. The van der Waals surface area contributed by atoms with Crippen molar-refractivity contribution in [2.24, 2.45) is 0 Å². The highest BCUT2D eigenvalue weighted by Gasteiger charge is 2.17. The number of H-pyrrole nitrogens is 1. The molecular weight excluding hydrogens is 352 g/mol. The normalized spacial score (nSPS) is 11.8. The Kier molecular flexibility index (Phi) is 3.96. The Hall–Kier alpha value is -2.01. The molecule has 0 amide bonds. The van der Waals surface area contributed by atoms with Crippen LogP contribution in [0.4, 0.5) is 0 Å². The third kappa shape index (κ3) is 2.30. The van der Waals surface area contributed by atoms with Gasteiger partial charge in [-0.25, -0.2) is 5.26 Å². The first-order chi connectivity index (χ1) is 11.7. The molecule has 3 N–H and O–H groups in total. The van der Waals surface area contributed by atoms with Gasteiger partial charge in [0.15, 0.2) is 12.2 Å². The van der Waals surface area contributed by atoms with Crippen LogP contribution in [0.25, 0.3) is 32.7 Å². The van der Waals surface area contributed by atoms with E-state index in [9.17, 15) is 9.35 Å². The largest absolute Gasteiger partial charge is 0.325 e. The number of nitrogens with zero attached hydrogens (tertiary/aromatic N) is 1. The van der Waals surface area contributed by atoms with Crippen LogP contribution in [-0.2, 0) is 9.37 Å². The summed E-state index contributed by atoms with van der Waals surface area (Å²) < 4.78 is 15.6.